The molecule has 2 N–H and O–H groups in total. The van der Waals surface area contributed by atoms with Crippen molar-refractivity contribution >= 4 is 33.9 Å². The number of carboxylic acid groups (broad SMARTS) is 1. The third kappa shape index (κ3) is 5.70. The third-order valence-electron chi connectivity index (χ3n) is 4.71. The molecule has 1 aliphatic rings. The van der Waals surface area contributed by atoms with Crippen LogP contribution in [0.2, 0.25) is 0 Å². The Bertz CT molecular complexity index is 870. The van der Waals surface area contributed by atoms with Crippen LogP contribution in [0.25, 0.3) is 6.08 Å². The monoisotopic (exact) mass is 443 g/mol. The highest BCUT2D eigenvalue weighted by atomic mass is 79.9. The van der Waals surface area contributed by atoms with Gasteiger partial charge in [-0.1, -0.05) is 37.1 Å². The van der Waals surface area contributed by atoms with Gasteiger partial charge in [0.2, 0.25) is 5.91 Å². The first-order valence-corrected chi connectivity index (χ1v) is 10.1. The minimum atomic E-state index is -1.16. The number of amides is 1. The van der Waals surface area contributed by atoms with Crippen molar-refractivity contribution in [2.45, 2.75) is 32.1 Å². The quantitative estimate of drug-likeness (QED) is 0.564. The van der Waals surface area contributed by atoms with Crippen molar-refractivity contribution in [1.29, 1.82) is 0 Å². The first kappa shape index (κ1) is 20.1. The van der Waals surface area contributed by atoms with Crippen LogP contribution >= 0.6 is 15.9 Å². The lowest BCUT2D eigenvalue weighted by Gasteiger charge is -2.10. The molecule has 0 radical (unpaired) electrons. The first-order valence-electron chi connectivity index (χ1n) is 9.28. The molecule has 146 valence electrons. The molecule has 0 saturated heterocycles. The van der Waals surface area contributed by atoms with Crippen LogP contribution in [0.1, 0.15) is 37.7 Å². The van der Waals surface area contributed by atoms with Crippen LogP contribution in [0, 0.1) is 5.92 Å². The van der Waals surface area contributed by atoms with E-state index < -0.39 is 5.97 Å². The smallest absolute Gasteiger partial charge is 0.352 e. The van der Waals surface area contributed by atoms with E-state index in [2.05, 4.69) is 21.2 Å². The zero-order chi connectivity index (χ0) is 19.9. The fourth-order valence-corrected chi connectivity index (χ4v) is 3.65. The first-order chi connectivity index (χ1) is 13.5. The number of benzene rings is 2. The van der Waals surface area contributed by atoms with Gasteiger partial charge in [-0.25, -0.2) is 4.79 Å². The van der Waals surface area contributed by atoms with Gasteiger partial charge in [-0.15, -0.1) is 0 Å². The van der Waals surface area contributed by atoms with Gasteiger partial charge in [0.25, 0.3) is 0 Å². The minimum absolute atomic E-state index is 0.123. The van der Waals surface area contributed by atoms with Gasteiger partial charge in [0.05, 0.1) is 4.47 Å². The second kappa shape index (κ2) is 9.55. The maximum atomic E-state index is 12.2. The molecule has 0 bridgehead atoms. The number of para-hydroxylation sites is 1. The maximum Gasteiger partial charge on any atom is 0.352 e. The maximum absolute atomic E-state index is 12.2. The van der Waals surface area contributed by atoms with Gasteiger partial charge < -0.3 is 15.2 Å². The molecule has 5 nitrogen and oxygen atoms in total. The van der Waals surface area contributed by atoms with Gasteiger partial charge in [-0.3, -0.25) is 4.79 Å². The number of hydrogen-bond donors (Lipinski definition) is 2. The molecule has 28 heavy (non-hydrogen) atoms. The topological polar surface area (TPSA) is 75.6 Å². The summed E-state index contributed by atoms with van der Waals surface area (Å²) in [4.78, 5) is 23.7. The van der Waals surface area contributed by atoms with Crippen molar-refractivity contribution in [2.75, 3.05) is 0 Å². The highest BCUT2D eigenvalue weighted by Gasteiger charge is 2.20. The Hall–Kier alpha value is -2.60. The van der Waals surface area contributed by atoms with E-state index in [4.69, 9.17) is 4.74 Å². The fraction of sp³-hybridized carbons (Fsp3) is 0.273. The zero-order valence-electron chi connectivity index (χ0n) is 15.4. The van der Waals surface area contributed by atoms with Crippen molar-refractivity contribution < 1.29 is 19.4 Å². The molecule has 0 atom stereocenters. The molecule has 1 amide bonds. The number of hydrogen-bond acceptors (Lipinski definition) is 3. The lowest BCUT2D eigenvalue weighted by molar-refractivity contribution is -0.134. The Morgan fingerprint density at radius 2 is 1.79 bits per heavy atom. The molecule has 6 heteroatoms. The van der Waals surface area contributed by atoms with Crippen LogP contribution < -0.4 is 10.1 Å². The number of aliphatic carboxylic acids is 1. The molecule has 2 aromatic rings. The van der Waals surface area contributed by atoms with Gasteiger partial charge in [0.1, 0.15) is 17.2 Å². The summed E-state index contributed by atoms with van der Waals surface area (Å²) >= 11 is 3.43. The summed E-state index contributed by atoms with van der Waals surface area (Å²) < 4.78 is 6.65. The molecule has 0 spiro atoms. The van der Waals surface area contributed by atoms with Gasteiger partial charge in [0, 0.05) is 6.42 Å². The van der Waals surface area contributed by atoms with Gasteiger partial charge in [0.15, 0.2) is 0 Å². The summed E-state index contributed by atoms with van der Waals surface area (Å²) in [5.74, 6) is 0.286. The predicted octanol–water partition coefficient (Wildman–Crippen LogP) is 5.36. The second-order valence-corrected chi connectivity index (χ2v) is 7.72. The number of halogens is 1. The predicted molar refractivity (Wildman–Crippen MR) is 111 cm³/mol. The molecule has 2 aromatic carbocycles. The van der Waals surface area contributed by atoms with Gasteiger partial charge in [-0.2, -0.15) is 0 Å². The number of carbonyl (C=O) groups is 2. The molecular weight excluding hydrogens is 422 g/mol. The molecular formula is C22H22BrNO4. The average molecular weight is 444 g/mol. The van der Waals surface area contributed by atoms with Crippen LogP contribution in [0.3, 0.4) is 0 Å². The zero-order valence-corrected chi connectivity index (χ0v) is 16.9. The average Bonchev–Trinajstić information content (AvgIpc) is 3.17. The lowest BCUT2D eigenvalue weighted by Crippen LogP contribution is -2.28. The normalized spacial score (nSPS) is 14.7. The van der Waals surface area contributed by atoms with E-state index in [-0.39, 0.29) is 11.6 Å². The van der Waals surface area contributed by atoms with E-state index in [1.165, 1.54) is 6.08 Å². The van der Waals surface area contributed by atoms with E-state index in [0.717, 1.165) is 30.2 Å². The molecule has 0 heterocycles. The van der Waals surface area contributed by atoms with Crippen molar-refractivity contribution in [2.24, 2.45) is 5.92 Å². The lowest BCUT2D eigenvalue weighted by atomic mass is 10.0. The number of carboxylic acids is 1. The summed E-state index contributed by atoms with van der Waals surface area (Å²) in [6.07, 6.45) is 6.21. The Kier molecular flexibility index (Phi) is 6.87. The largest absolute Gasteiger partial charge is 0.477 e. The van der Waals surface area contributed by atoms with Gasteiger partial charge >= 0.3 is 5.97 Å². The highest BCUT2D eigenvalue weighted by Crippen LogP contribution is 2.29. The Labute approximate surface area is 172 Å². The Morgan fingerprint density at radius 1 is 1.11 bits per heavy atom. The molecule has 3 rings (SSSR count). The van der Waals surface area contributed by atoms with E-state index in [1.807, 2.05) is 24.3 Å². The van der Waals surface area contributed by atoms with Gasteiger partial charge in [-0.05, 0) is 70.6 Å². The van der Waals surface area contributed by atoms with Crippen molar-refractivity contribution in [3.63, 3.8) is 0 Å². The van der Waals surface area contributed by atoms with Crippen molar-refractivity contribution in [3.05, 3.63) is 64.3 Å². The van der Waals surface area contributed by atoms with Crippen LogP contribution in [0.15, 0.2) is 58.7 Å². The van der Waals surface area contributed by atoms with Crippen LogP contribution in [-0.4, -0.2) is 17.0 Å². The van der Waals surface area contributed by atoms with E-state index in [1.54, 1.807) is 24.3 Å². The number of carbonyl (C=O) groups excluding carboxylic acids is 1. The molecule has 0 unspecified atom stereocenters. The standard InChI is InChI=1S/C22H22BrNO4/c23-18-7-3-4-8-20(18)28-17-11-9-16(10-12-17)13-19(22(26)27)24-21(25)14-15-5-1-2-6-15/h3-4,7-13,15H,1-2,5-6,14H2,(H,24,25)(H,26,27)/b19-13-. The molecule has 1 fully saturated rings. The summed E-state index contributed by atoms with van der Waals surface area (Å²) in [5.41, 5.74) is 0.542. The van der Waals surface area contributed by atoms with Crippen LogP contribution in [-0.2, 0) is 9.59 Å². The van der Waals surface area contributed by atoms with E-state index >= 15 is 0 Å². The fourth-order valence-electron chi connectivity index (χ4n) is 3.28. The second-order valence-electron chi connectivity index (χ2n) is 6.87. The van der Waals surface area contributed by atoms with E-state index in [0.29, 0.717) is 29.4 Å². The molecule has 1 aliphatic carbocycles. The molecule has 1 saturated carbocycles. The van der Waals surface area contributed by atoms with E-state index in [9.17, 15) is 14.7 Å². The Balaban J connectivity index is 1.66. The van der Waals surface area contributed by atoms with Crippen molar-refractivity contribution in [3.8, 4) is 11.5 Å². The van der Waals surface area contributed by atoms with Crippen molar-refractivity contribution in [1.82, 2.24) is 5.32 Å². The summed E-state index contributed by atoms with van der Waals surface area (Å²) in [6.45, 7) is 0. The summed E-state index contributed by atoms with van der Waals surface area (Å²) in [6, 6.07) is 14.5. The highest BCUT2D eigenvalue weighted by molar-refractivity contribution is 9.10. The molecule has 0 aromatic heterocycles. The summed E-state index contributed by atoms with van der Waals surface area (Å²) in [5, 5.41) is 12.0. The summed E-state index contributed by atoms with van der Waals surface area (Å²) in [7, 11) is 0. The SMILES string of the molecule is O=C(CC1CCCC1)N/C(=C\c1ccc(Oc2ccccc2Br)cc1)C(=O)O. The number of ether oxygens (including phenoxy) is 1. The number of rotatable bonds is 7. The number of nitrogens with one attached hydrogen (secondary N) is 1. The Morgan fingerprint density at radius 3 is 2.43 bits per heavy atom. The molecule has 0 aliphatic heterocycles. The third-order valence-corrected chi connectivity index (χ3v) is 5.36. The van der Waals surface area contributed by atoms with Crippen LogP contribution in [0.4, 0.5) is 0 Å². The minimum Gasteiger partial charge on any atom is -0.477 e. The van der Waals surface area contributed by atoms with Crippen LogP contribution in [0.5, 0.6) is 11.5 Å².